The fraction of sp³-hybridized carbons (Fsp3) is 0.579. The molecule has 0 spiro atoms. The first-order valence-electron chi connectivity index (χ1n) is 9.23. The van der Waals surface area contributed by atoms with Gasteiger partial charge in [0.25, 0.3) is 0 Å². The fourth-order valence-corrected chi connectivity index (χ4v) is 2.73. The summed E-state index contributed by atoms with van der Waals surface area (Å²) >= 11 is 0. The minimum Gasteiger partial charge on any atom is -0.497 e. The van der Waals surface area contributed by atoms with E-state index in [0.717, 1.165) is 0 Å². The summed E-state index contributed by atoms with van der Waals surface area (Å²) in [4.78, 5) is 19.9. The number of halogens is 2. The lowest BCUT2D eigenvalue weighted by Crippen LogP contribution is -2.53. The number of hydrogen-bond acceptors (Lipinski definition) is 5. The number of aliphatic imine (C=N–C) groups is 1. The predicted octanol–water partition coefficient (Wildman–Crippen LogP) is 2.66. The minimum absolute atomic E-state index is 0.0205. The van der Waals surface area contributed by atoms with Crippen molar-refractivity contribution in [1.29, 1.82) is 0 Å². The van der Waals surface area contributed by atoms with Gasteiger partial charge in [-0.05, 0) is 39.0 Å². The molecule has 1 aliphatic rings. The normalized spacial score (nSPS) is 15.5. The second-order valence-electron chi connectivity index (χ2n) is 7.48. The Bertz CT molecular complexity index is 729. The molecular weight excluding hydrogens is 386 g/mol. The van der Waals surface area contributed by atoms with Crippen LogP contribution in [0.2, 0.25) is 0 Å². The SMILES string of the molecule is COc1ccc(OC(F)F)c(CN=C(N)N2CCN(C(=O)OC(C)(C)C)CC2)c1. The van der Waals surface area contributed by atoms with Crippen LogP contribution in [-0.4, -0.2) is 67.4 Å². The highest BCUT2D eigenvalue weighted by Crippen LogP contribution is 2.26. The molecule has 2 rings (SSSR count). The molecule has 10 heteroatoms. The third kappa shape index (κ3) is 6.95. The quantitative estimate of drug-likeness (QED) is 0.589. The van der Waals surface area contributed by atoms with Gasteiger partial charge in [-0.3, -0.25) is 0 Å². The van der Waals surface area contributed by atoms with Gasteiger partial charge in [-0.2, -0.15) is 8.78 Å². The summed E-state index contributed by atoms with van der Waals surface area (Å²) in [5.74, 6) is 0.785. The highest BCUT2D eigenvalue weighted by Gasteiger charge is 2.26. The zero-order valence-electron chi connectivity index (χ0n) is 17.2. The van der Waals surface area contributed by atoms with Crippen LogP contribution in [0.25, 0.3) is 0 Å². The molecule has 29 heavy (non-hydrogen) atoms. The number of ether oxygens (including phenoxy) is 3. The second-order valence-corrected chi connectivity index (χ2v) is 7.48. The fourth-order valence-electron chi connectivity index (χ4n) is 2.73. The van der Waals surface area contributed by atoms with Gasteiger partial charge in [0.05, 0.1) is 13.7 Å². The number of nitrogens with zero attached hydrogens (tertiary/aromatic N) is 3. The molecule has 1 saturated heterocycles. The van der Waals surface area contributed by atoms with Crippen LogP contribution < -0.4 is 15.2 Å². The van der Waals surface area contributed by atoms with Gasteiger partial charge in [-0.15, -0.1) is 0 Å². The van der Waals surface area contributed by atoms with E-state index in [9.17, 15) is 13.6 Å². The number of carbonyl (C=O) groups excluding carboxylic acids is 1. The zero-order chi connectivity index (χ0) is 21.6. The molecule has 1 aromatic rings. The largest absolute Gasteiger partial charge is 0.497 e. The molecular formula is C19H28F2N4O4. The van der Waals surface area contributed by atoms with Gasteiger partial charge in [0.2, 0.25) is 0 Å². The monoisotopic (exact) mass is 414 g/mol. The molecule has 1 amide bonds. The first-order valence-corrected chi connectivity index (χ1v) is 9.23. The summed E-state index contributed by atoms with van der Waals surface area (Å²) in [7, 11) is 1.48. The van der Waals surface area contributed by atoms with Crippen molar-refractivity contribution in [3.05, 3.63) is 23.8 Å². The molecule has 1 fully saturated rings. The maximum absolute atomic E-state index is 12.6. The molecule has 1 aliphatic heterocycles. The van der Waals surface area contributed by atoms with Crippen molar-refractivity contribution in [2.75, 3.05) is 33.3 Å². The third-order valence-corrected chi connectivity index (χ3v) is 4.15. The van der Waals surface area contributed by atoms with E-state index in [2.05, 4.69) is 9.73 Å². The molecule has 0 unspecified atom stereocenters. The lowest BCUT2D eigenvalue weighted by atomic mass is 10.2. The van der Waals surface area contributed by atoms with Crippen LogP contribution in [0.1, 0.15) is 26.3 Å². The Kier molecular flexibility index (Phi) is 7.46. The van der Waals surface area contributed by atoms with Crippen LogP contribution in [0, 0.1) is 0 Å². The van der Waals surface area contributed by atoms with Crippen LogP contribution in [-0.2, 0) is 11.3 Å². The number of benzene rings is 1. The molecule has 0 aliphatic carbocycles. The number of hydrogen-bond donors (Lipinski definition) is 1. The molecule has 8 nitrogen and oxygen atoms in total. The average Bonchev–Trinajstić information content (AvgIpc) is 2.65. The lowest BCUT2D eigenvalue weighted by Gasteiger charge is -2.36. The number of alkyl halides is 2. The third-order valence-electron chi connectivity index (χ3n) is 4.15. The van der Waals surface area contributed by atoms with Crippen LogP contribution in [0.5, 0.6) is 11.5 Å². The Morgan fingerprint density at radius 2 is 1.83 bits per heavy atom. The highest BCUT2D eigenvalue weighted by molar-refractivity contribution is 5.78. The average molecular weight is 414 g/mol. The molecule has 1 aromatic carbocycles. The maximum Gasteiger partial charge on any atom is 0.410 e. The summed E-state index contributed by atoms with van der Waals surface area (Å²) in [5, 5.41) is 0. The van der Waals surface area contributed by atoms with Gasteiger partial charge in [0, 0.05) is 31.7 Å². The predicted molar refractivity (Wildman–Crippen MR) is 104 cm³/mol. The number of piperazine rings is 1. The van der Waals surface area contributed by atoms with E-state index in [1.807, 2.05) is 25.7 Å². The first kappa shape index (κ1) is 22.5. The minimum atomic E-state index is -2.94. The van der Waals surface area contributed by atoms with Crippen molar-refractivity contribution < 1.29 is 27.8 Å². The molecule has 0 bridgehead atoms. The van der Waals surface area contributed by atoms with Gasteiger partial charge in [0.15, 0.2) is 5.96 Å². The van der Waals surface area contributed by atoms with Crippen molar-refractivity contribution in [2.45, 2.75) is 39.5 Å². The smallest absolute Gasteiger partial charge is 0.410 e. The second kappa shape index (κ2) is 9.62. The Labute approximate surface area is 169 Å². The Morgan fingerprint density at radius 3 is 2.38 bits per heavy atom. The number of carbonyl (C=O) groups is 1. The number of guanidine groups is 1. The Hall–Kier alpha value is -2.78. The molecule has 162 valence electrons. The van der Waals surface area contributed by atoms with E-state index in [-0.39, 0.29) is 24.3 Å². The number of amides is 1. The summed E-state index contributed by atoms with van der Waals surface area (Å²) in [6.07, 6.45) is -0.363. The highest BCUT2D eigenvalue weighted by atomic mass is 19.3. The number of rotatable bonds is 5. The van der Waals surface area contributed by atoms with E-state index in [1.165, 1.54) is 19.2 Å². The van der Waals surface area contributed by atoms with Crippen LogP contribution in [0.4, 0.5) is 13.6 Å². The van der Waals surface area contributed by atoms with Crippen LogP contribution in [0.15, 0.2) is 23.2 Å². The van der Waals surface area contributed by atoms with E-state index >= 15 is 0 Å². The maximum atomic E-state index is 12.6. The van der Waals surface area contributed by atoms with Gasteiger partial charge in [-0.1, -0.05) is 0 Å². The van der Waals surface area contributed by atoms with Crippen molar-refractivity contribution in [3.63, 3.8) is 0 Å². The molecule has 2 N–H and O–H groups in total. The molecule has 0 radical (unpaired) electrons. The van der Waals surface area contributed by atoms with E-state index in [1.54, 1.807) is 11.0 Å². The van der Waals surface area contributed by atoms with Crippen LogP contribution in [0.3, 0.4) is 0 Å². The molecule has 1 heterocycles. The lowest BCUT2D eigenvalue weighted by molar-refractivity contribution is -0.0504. The van der Waals surface area contributed by atoms with E-state index in [0.29, 0.717) is 37.5 Å². The standard InChI is InChI=1S/C19H28F2N4O4/c1-19(2,3)29-18(26)25-9-7-24(8-10-25)17(22)23-12-13-11-14(27-4)5-6-15(13)28-16(20)21/h5-6,11,16H,7-10,12H2,1-4H3,(H2,22,23). The molecule has 0 aromatic heterocycles. The number of methoxy groups -OCH3 is 1. The van der Waals surface area contributed by atoms with E-state index in [4.69, 9.17) is 15.2 Å². The Morgan fingerprint density at radius 1 is 1.21 bits per heavy atom. The first-order chi connectivity index (χ1) is 13.6. The summed E-state index contributed by atoms with van der Waals surface area (Å²) in [6, 6.07) is 4.52. The molecule has 0 saturated carbocycles. The van der Waals surface area contributed by atoms with Gasteiger partial charge in [0.1, 0.15) is 17.1 Å². The zero-order valence-corrected chi connectivity index (χ0v) is 17.2. The molecule has 0 atom stereocenters. The Balaban J connectivity index is 1.98. The summed E-state index contributed by atoms with van der Waals surface area (Å²) in [5.41, 5.74) is 5.94. The van der Waals surface area contributed by atoms with Crippen molar-refractivity contribution >= 4 is 12.1 Å². The number of nitrogens with two attached hydrogens (primary N) is 1. The summed E-state index contributed by atoms with van der Waals surface area (Å²) in [6.45, 7) is 4.44. The van der Waals surface area contributed by atoms with Gasteiger partial charge in [-0.25, -0.2) is 9.79 Å². The van der Waals surface area contributed by atoms with Gasteiger partial charge < -0.3 is 29.7 Å². The topological polar surface area (TPSA) is 89.6 Å². The van der Waals surface area contributed by atoms with Crippen molar-refractivity contribution in [3.8, 4) is 11.5 Å². The van der Waals surface area contributed by atoms with Crippen molar-refractivity contribution in [1.82, 2.24) is 9.80 Å². The van der Waals surface area contributed by atoms with Gasteiger partial charge >= 0.3 is 12.7 Å². The van der Waals surface area contributed by atoms with Crippen molar-refractivity contribution in [2.24, 2.45) is 10.7 Å². The van der Waals surface area contributed by atoms with E-state index < -0.39 is 12.2 Å². The summed E-state index contributed by atoms with van der Waals surface area (Å²) < 4.78 is 40.2. The van der Waals surface area contributed by atoms with Crippen LogP contribution >= 0.6 is 0 Å².